The van der Waals surface area contributed by atoms with Gasteiger partial charge in [0.05, 0.1) is 23.7 Å². The van der Waals surface area contributed by atoms with Gasteiger partial charge in [0.1, 0.15) is 5.82 Å². The van der Waals surface area contributed by atoms with Gasteiger partial charge in [-0.2, -0.15) is 5.10 Å². The Kier molecular flexibility index (Phi) is 6.34. The third-order valence-corrected chi connectivity index (χ3v) is 5.20. The minimum absolute atomic E-state index is 0.0696. The summed E-state index contributed by atoms with van der Waals surface area (Å²) in [4.78, 5) is 41.5. The number of hydrogen-bond donors (Lipinski definition) is 2. The van der Waals surface area contributed by atoms with Crippen LogP contribution < -0.4 is 10.6 Å². The molecule has 0 radical (unpaired) electrons. The Balaban J connectivity index is 1.36. The molecule has 2 heterocycles. The van der Waals surface area contributed by atoms with Gasteiger partial charge in [0.25, 0.3) is 5.91 Å². The van der Waals surface area contributed by atoms with E-state index >= 15 is 0 Å². The van der Waals surface area contributed by atoms with Gasteiger partial charge >= 0.3 is 5.97 Å². The number of carbonyl (C=O) groups is 3. The lowest BCUT2D eigenvalue weighted by Gasteiger charge is -2.10. The third kappa shape index (κ3) is 5.33. The van der Waals surface area contributed by atoms with E-state index in [4.69, 9.17) is 9.72 Å². The van der Waals surface area contributed by atoms with Crippen molar-refractivity contribution in [2.45, 2.75) is 38.6 Å². The minimum Gasteiger partial charge on any atom is -0.452 e. The van der Waals surface area contributed by atoms with Gasteiger partial charge in [-0.3, -0.25) is 9.59 Å². The molecule has 2 amide bonds. The number of esters is 1. The number of carbonyl (C=O) groups excluding carboxylic acids is 3. The smallest absolute Gasteiger partial charge is 0.339 e. The summed E-state index contributed by atoms with van der Waals surface area (Å²) >= 11 is 0. The number of benzene rings is 1. The summed E-state index contributed by atoms with van der Waals surface area (Å²) in [5.74, 6) is -1.87. The summed E-state index contributed by atoms with van der Waals surface area (Å²) < 4.78 is 19.9. The number of fused-ring (bicyclic) bond motifs is 1. The number of hydrogen-bond acceptors (Lipinski definition) is 6. The van der Waals surface area contributed by atoms with Crippen LogP contribution in [-0.4, -0.2) is 45.7 Å². The molecule has 9 nitrogen and oxygen atoms in total. The Morgan fingerprint density at radius 3 is 2.58 bits per heavy atom. The van der Waals surface area contributed by atoms with Gasteiger partial charge in [-0.1, -0.05) is 0 Å². The van der Waals surface area contributed by atoms with Crippen molar-refractivity contribution in [3.63, 3.8) is 0 Å². The molecule has 2 N–H and O–H groups in total. The quantitative estimate of drug-likeness (QED) is 0.507. The number of halogens is 1. The van der Waals surface area contributed by atoms with E-state index in [1.165, 1.54) is 24.3 Å². The molecule has 172 valence electrons. The highest BCUT2D eigenvalue weighted by atomic mass is 19.1. The first-order valence-corrected chi connectivity index (χ1v) is 10.7. The SMILES string of the molecule is CC(C)n1ncc2c(C(=O)OCC(=O)NCC(=O)Nc3ccc(F)cc3)cc(C3CC3)nc21. The highest BCUT2D eigenvalue weighted by Gasteiger charge is 2.28. The second kappa shape index (κ2) is 9.35. The Morgan fingerprint density at radius 2 is 1.91 bits per heavy atom. The summed E-state index contributed by atoms with van der Waals surface area (Å²) in [6, 6.07) is 7.02. The van der Waals surface area contributed by atoms with E-state index in [9.17, 15) is 18.8 Å². The van der Waals surface area contributed by atoms with Crippen molar-refractivity contribution in [2.24, 2.45) is 0 Å². The molecule has 0 atom stereocenters. The molecule has 0 bridgehead atoms. The van der Waals surface area contributed by atoms with Crippen molar-refractivity contribution in [1.82, 2.24) is 20.1 Å². The average molecular weight is 453 g/mol. The van der Waals surface area contributed by atoms with Gasteiger partial charge < -0.3 is 15.4 Å². The molecule has 2 aromatic heterocycles. The number of nitrogens with zero attached hydrogens (tertiary/aromatic N) is 3. The lowest BCUT2D eigenvalue weighted by Crippen LogP contribution is -2.35. The molecule has 0 aliphatic heterocycles. The molecule has 1 aromatic carbocycles. The zero-order valence-electron chi connectivity index (χ0n) is 18.3. The van der Waals surface area contributed by atoms with Crippen LogP contribution in [0.3, 0.4) is 0 Å². The molecule has 33 heavy (non-hydrogen) atoms. The number of rotatable bonds is 8. The lowest BCUT2D eigenvalue weighted by molar-refractivity contribution is -0.126. The number of amides is 2. The molecular weight excluding hydrogens is 429 g/mol. The minimum atomic E-state index is -0.654. The molecule has 0 unspecified atom stereocenters. The maximum absolute atomic E-state index is 12.9. The number of ether oxygens (including phenoxy) is 1. The van der Waals surface area contributed by atoms with Crippen molar-refractivity contribution in [3.8, 4) is 0 Å². The molecule has 1 saturated carbocycles. The zero-order valence-corrected chi connectivity index (χ0v) is 18.3. The van der Waals surface area contributed by atoms with E-state index in [2.05, 4.69) is 15.7 Å². The van der Waals surface area contributed by atoms with Crippen LogP contribution in [0.1, 0.15) is 54.7 Å². The number of aromatic nitrogens is 3. The topological polar surface area (TPSA) is 115 Å². The Hall–Kier alpha value is -3.82. The van der Waals surface area contributed by atoms with Crippen molar-refractivity contribution in [2.75, 3.05) is 18.5 Å². The van der Waals surface area contributed by atoms with E-state index in [1.807, 2.05) is 13.8 Å². The van der Waals surface area contributed by atoms with Crippen LogP contribution in [0.25, 0.3) is 11.0 Å². The lowest BCUT2D eigenvalue weighted by atomic mass is 10.1. The summed E-state index contributed by atoms with van der Waals surface area (Å²) in [5.41, 5.74) is 2.15. The number of nitrogens with one attached hydrogen (secondary N) is 2. The van der Waals surface area contributed by atoms with E-state index in [-0.39, 0.29) is 12.6 Å². The fourth-order valence-electron chi connectivity index (χ4n) is 3.35. The molecule has 1 fully saturated rings. The maximum Gasteiger partial charge on any atom is 0.339 e. The maximum atomic E-state index is 12.9. The molecule has 10 heteroatoms. The normalized spacial score (nSPS) is 13.2. The zero-order chi connectivity index (χ0) is 23.5. The van der Waals surface area contributed by atoms with Crippen LogP contribution in [0.4, 0.5) is 10.1 Å². The Bertz CT molecular complexity index is 1200. The van der Waals surface area contributed by atoms with E-state index in [0.717, 1.165) is 18.5 Å². The van der Waals surface area contributed by atoms with Gasteiger partial charge in [-0.15, -0.1) is 0 Å². The van der Waals surface area contributed by atoms with Crippen LogP contribution in [0.5, 0.6) is 0 Å². The predicted octanol–water partition coefficient (Wildman–Crippen LogP) is 2.94. The number of pyridine rings is 1. The second-order valence-electron chi connectivity index (χ2n) is 8.20. The Morgan fingerprint density at radius 1 is 1.18 bits per heavy atom. The van der Waals surface area contributed by atoms with E-state index < -0.39 is 30.2 Å². The largest absolute Gasteiger partial charge is 0.452 e. The fraction of sp³-hybridized carbons (Fsp3) is 0.348. The summed E-state index contributed by atoms with van der Waals surface area (Å²) in [6.45, 7) is 3.10. The van der Waals surface area contributed by atoms with Crippen molar-refractivity contribution < 1.29 is 23.5 Å². The second-order valence-corrected chi connectivity index (χ2v) is 8.20. The van der Waals surface area contributed by atoms with E-state index in [0.29, 0.717) is 28.2 Å². The first-order chi connectivity index (χ1) is 15.8. The first kappa shape index (κ1) is 22.4. The first-order valence-electron chi connectivity index (χ1n) is 10.7. The monoisotopic (exact) mass is 453 g/mol. The molecule has 0 spiro atoms. The third-order valence-electron chi connectivity index (χ3n) is 5.20. The van der Waals surface area contributed by atoms with Gasteiger partial charge in [-0.25, -0.2) is 18.9 Å². The predicted molar refractivity (Wildman–Crippen MR) is 118 cm³/mol. The molecular formula is C23H24FN5O4. The van der Waals surface area contributed by atoms with Crippen molar-refractivity contribution >= 4 is 34.5 Å². The van der Waals surface area contributed by atoms with Crippen molar-refractivity contribution in [3.05, 3.63) is 53.6 Å². The summed E-state index contributed by atoms with van der Waals surface area (Å²) in [5, 5.41) is 9.82. The van der Waals surface area contributed by atoms with E-state index in [1.54, 1.807) is 16.9 Å². The molecule has 0 saturated heterocycles. The Labute approximate surface area is 189 Å². The van der Waals surface area contributed by atoms with Crippen LogP contribution in [0.2, 0.25) is 0 Å². The summed E-state index contributed by atoms with van der Waals surface area (Å²) in [6.07, 6.45) is 3.62. The standard InChI is InChI=1S/C23H24FN5O4/c1-13(2)29-22-18(10-26-29)17(9-19(28-22)14-3-4-14)23(32)33-12-21(31)25-11-20(30)27-16-7-5-15(24)6-8-16/h5-10,13-14H,3-4,11-12H2,1-2H3,(H,25,31)(H,27,30). The van der Waals surface area contributed by atoms with Crippen LogP contribution in [0, 0.1) is 5.82 Å². The fourth-order valence-corrected chi connectivity index (χ4v) is 3.35. The van der Waals surface area contributed by atoms with Gasteiger partial charge in [0.15, 0.2) is 12.3 Å². The van der Waals surface area contributed by atoms with Gasteiger partial charge in [0.2, 0.25) is 5.91 Å². The molecule has 3 aromatic rings. The molecule has 1 aliphatic rings. The average Bonchev–Trinajstić information content (AvgIpc) is 3.55. The van der Waals surface area contributed by atoms with Crippen LogP contribution >= 0.6 is 0 Å². The van der Waals surface area contributed by atoms with Crippen molar-refractivity contribution in [1.29, 1.82) is 0 Å². The van der Waals surface area contributed by atoms with Gasteiger partial charge in [0, 0.05) is 23.3 Å². The highest BCUT2D eigenvalue weighted by molar-refractivity contribution is 6.03. The molecule has 4 rings (SSSR count). The highest BCUT2D eigenvalue weighted by Crippen LogP contribution is 2.40. The number of anilines is 1. The summed E-state index contributed by atoms with van der Waals surface area (Å²) in [7, 11) is 0. The van der Waals surface area contributed by atoms with Crippen LogP contribution in [0.15, 0.2) is 36.5 Å². The van der Waals surface area contributed by atoms with Crippen LogP contribution in [-0.2, 0) is 14.3 Å². The van der Waals surface area contributed by atoms with Gasteiger partial charge in [-0.05, 0) is 57.0 Å². The molecule has 1 aliphatic carbocycles.